The second-order valence-electron chi connectivity index (χ2n) is 3.15. The highest BCUT2D eigenvalue weighted by Gasteiger charge is 2.25. The summed E-state index contributed by atoms with van der Waals surface area (Å²) < 4.78 is 0. The van der Waals surface area contributed by atoms with E-state index in [2.05, 4.69) is 10.6 Å². The van der Waals surface area contributed by atoms with Crippen molar-refractivity contribution in [3.63, 3.8) is 0 Å². The number of carbonyl (C=O) groups is 2. The molecular formula is C9H14N2O2. The summed E-state index contributed by atoms with van der Waals surface area (Å²) in [6.07, 6.45) is 0.736. The molecule has 4 heteroatoms. The van der Waals surface area contributed by atoms with Gasteiger partial charge in [0, 0.05) is 11.3 Å². The summed E-state index contributed by atoms with van der Waals surface area (Å²) in [5, 5.41) is 5.28. The highest BCUT2D eigenvalue weighted by Crippen LogP contribution is 2.15. The number of urea groups is 1. The monoisotopic (exact) mass is 182 g/mol. The van der Waals surface area contributed by atoms with Gasteiger partial charge in [0.15, 0.2) is 5.78 Å². The van der Waals surface area contributed by atoms with Crippen LogP contribution in [-0.4, -0.2) is 17.9 Å². The molecule has 2 amide bonds. The molecule has 0 aromatic carbocycles. The molecule has 1 rings (SSSR count). The van der Waals surface area contributed by atoms with Gasteiger partial charge in [0.25, 0.3) is 0 Å². The molecule has 0 aliphatic carbocycles. The summed E-state index contributed by atoms with van der Waals surface area (Å²) >= 11 is 0. The Morgan fingerprint density at radius 3 is 2.62 bits per heavy atom. The van der Waals surface area contributed by atoms with Crippen LogP contribution in [0, 0.1) is 0 Å². The lowest BCUT2D eigenvalue weighted by atomic mass is 9.98. The van der Waals surface area contributed by atoms with Gasteiger partial charge in [-0.3, -0.25) is 4.79 Å². The number of hydrogen-bond donors (Lipinski definition) is 2. The van der Waals surface area contributed by atoms with Crippen LogP contribution in [-0.2, 0) is 4.79 Å². The van der Waals surface area contributed by atoms with Gasteiger partial charge in [0.05, 0.1) is 6.04 Å². The standard InChI is InChI=1S/C9H14N2O2/c1-4-7-8(6(3)12)5(2)10-9(13)11-7/h7H,4H2,1-3H3,(H2,10,11,13)/t7-/m0/s1. The minimum atomic E-state index is -0.227. The van der Waals surface area contributed by atoms with Crippen LogP contribution in [0.25, 0.3) is 0 Å². The number of allylic oxidation sites excluding steroid dienone is 1. The van der Waals surface area contributed by atoms with Crippen molar-refractivity contribution in [1.29, 1.82) is 0 Å². The average Bonchev–Trinajstić information content (AvgIpc) is 2.01. The molecule has 1 aliphatic rings. The Kier molecular flexibility index (Phi) is 2.70. The SMILES string of the molecule is CC[C@@H]1NC(=O)NC(C)=C1C(C)=O. The first-order valence-corrected chi connectivity index (χ1v) is 4.35. The van der Waals surface area contributed by atoms with Crippen molar-refractivity contribution in [2.45, 2.75) is 33.2 Å². The minimum Gasteiger partial charge on any atom is -0.331 e. The largest absolute Gasteiger partial charge is 0.331 e. The fourth-order valence-electron chi connectivity index (χ4n) is 1.58. The van der Waals surface area contributed by atoms with Gasteiger partial charge >= 0.3 is 6.03 Å². The van der Waals surface area contributed by atoms with Crippen molar-refractivity contribution < 1.29 is 9.59 Å². The molecule has 72 valence electrons. The fraction of sp³-hybridized carbons (Fsp3) is 0.556. The van der Waals surface area contributed by atoms with Crippen molar-refractivity contribution in [1.82, 2.24) is 10.6 Å². The Morgan fingerprint density at radius 1 is 1.54 bits per heavy atom. The Bertz CT molecular complexity index is 281. The molecule has 0 unspecified atom stereocenters. The number of rotatable bonds is 2. The lowest BCUT2D eigenvalue weighted by Gasteiger charge is -2.26. The van der Waals surface area contributed by atoms with Crippen molar-refractivity contribution in [3.05, 3.63) is 11.3 Å². The summed E-state index contributed by atoms with van der Waals surface area (Å²) in [5.74, 6) is 0.0110. The van der Waals surface area contributed by atoms with E-state index < -0.39 is 0 Å². The lowest BCUT2D eigenvalue weighted by molar-refractivity contribution is -0.114. The van der Waals surface area contributed by atoms with Gasteiger partial charge in [-0.1, -0.05) is 6.92 Å². The van der Waals surface area contributed by atoms with E-state index in [1.807, 2.05) is 6.92 Å². The van der Waals surface area contributed by atoms with Crippen molar-refractivity contribution in [2.75, 3.05) is 0 Å². The fourth-order valence-corrected chi connectivity index (χ4v) is 1.58. The maximum atomic E-state index is 11.2. The highest BCUT2D eigenvalue weighted by atomic mass is 16.2. The van der Waals surface area contributed by atoms with Crippen LogP contribution in [0.4, 0.5) is 4.79 Å². The molecule has 0 saturated heterocycles. The molecule has 0 radical (unpaired) electrons. The Morgan fingerprint density at radius 2 is 2.15 bits per heavy atom. The third-order valence-corrected chi connectivity index (χ3v) is 2.15. The molecule has 0 saturated carbocycles. The van der Waals surface area contributed by atoms with Gasteiger partial charge in [-0.2, -0.15) is 0 Å². The highest BCUT2D eigenvalue weighted by molar-refractivity contribution is 5.98. The van der Waals surface area contributed by atoms with Gasteiger partial charge in [-0.15, -0.1) is 0 Å². The van der Waals surface area contributed by atoms with Crippen LogP contribution >= 0.6 is 0 Å². The predicted molar refractivity (Wildman–Crippen MR) is 49.1 cm³/mol. The van der Waals surface area contributed by atoms with Crippen LogP contribution < -0.4 is 10.6 Å². The molecule has 1 atom stereocenters. The molecule has 0 aromatic heterocycles. The summed E-state index contributed by atoms with van der Waals surface area (Å²) in [6, 6.07) is -0.361. The quantitative estimate of drug-likeness (QED) is 0.667. The van der Waals surface area contributed by atoms with Crippen molar-refractivity contribution >= 4 is 11.8 Å². The zero-order valence-corrected chi connectivity index (χ0v) is 8.10. The molecule has 4 nitrogen and oxygen atoms in total. The summed E-state index contributed by atoms with van der Waals surface area (Å²) in [4.78, 5) is 22.3. The Balaban J connectivity index is 3.02. The number of ketones is 1. The molecule has 1 aliphatic heterocycles. The third kappa shape index (κ3) is 1.88. The van der Waals surface area contributed by atoms with Gasteiger partial charge in [-0.25, -0.2) is 4.79 Å². The molecule has 0 aromatic rings. The smallest absolute Gasteiger partial charge is 0.319 e. The summed E-state index contributed by atoms with van der Waals surface area (Å²) in [7, 11) is 0. The normalized spacial score (nSPS) is 22.4. The van der Waals surface area contributed by atoms with E-state index in [1.54, 1.807) is 6.92 Å². The van der Waals surface area contributed by atoms with Crippen LogP contribution in [0.5, 0.6) is 0 Å². The molecule has 2 N–H and O–H groups in total. The number of carbonyl (C=O) groups excluding carboxylic acids is 2. The Labute approximate surface area is 77.4 Å². The van der Waals surface area contributed by atoms with Crippen LogP contribution in [0.1, 0.15) is 27.2 Å². The maximum Gasteiger partial charge on any atom is 0.319 e. The first-order valence-electron chi connectivity index (χ1n) is 4.35. The van der Waals surface area contributed by atoms with Crippen LogP contribution in [0.3, 0.4) is 0 Å². The minimum absolute atomic E-state index is 0.0110. The van der Waals surface area contributed by atoms with Gasteiger partial charge in [0.1, 0.15) is 0 Å². The molecular weight excluding hydrogens is 168 g/mol. The maximum absolute atomic E-state index is 11.2. The zero-order valence-electron chi connectivity index (χ0n) is 8.10. The zero-order chi connectivity index (χ0) is 10.0. The molecule has 0 spiro atoms. The van der Waals surface area contributed by atoms with Gasteiger partial charge in [0.2, 0.25) is 0 Å². The van der Waals surface area contributed by atoms with Crippen molar-refractivity contribution in [2.24, 2.45) is 0 Å². The van der Waals surface area contributed by atoms with Crippen molar-refractivity contribution in [3.8, 4) is 0 Å². The third-order valence-electron chi connectivity index (χ3n) is 2.15. The van der Waals surface area contributed by atoms with E-state index in [-0.39, 0.29) is 17.9 Å². The van der Waals surface area contributed by atoms with E-state index in [0.29, 0.717) is 11.3 Å². The van der Waals surface area contributed by atoms with Gasteiger partial charge < -0.3 is 10.6 Å². The van der Waals surface area contributed by atoms with E-state index in [1.165, 1.54) is 6.92 Å². The molecule has 13 heavy (non-hydrogen) atoms. The topological polar surface area (TPSA) is 58.2 Å². The van der Waals surface area contributed by atoms with E-state index >= 15 is 0 Å². The van der Waals surface area contributed by atoms with Gasteiger partial charge in [-0.05, 0) is 20.3 Å². The molecule has 0 bridgehead atoms. The van der Waals surface area contributed by atoms with Crippen LogP contribution in [0.2, 0.25) is 0 Å². The predicted octanol–water partition coefficient (Wildman–Crippen LogP) is 0.941. The second-order valence-corrected chi connectivity index (χ2v) is 3.15. The van der Waals surface area contributed by atoms with E-state index in [4.69, 9.17) is 0 Å². The number of amides is 2. The average molecular weight is 182 g/mol. The molecule has 1 heterocycles. The number of Topliss-reactive ketones (excluding diaryl/α,β-unsaturated/α-hetero) is 1. The number of nitrogens with one attached hydrogen (secondary N) is 2. The van der Waals surface area contributed by atoms with Crippen LogP contribution in [0.15, 0.2) is 11.3 Å². The summed E-state index contributed by atoms with van der Waals surface area (Å²) in [6.45, 7) is 5.20. The molecule has 0 fully saturated rings. The summed E-state index contributed by atoms with van der Waals surface area (Å²) in [5.41, 5.74) is 1.35. The Hall–Kier alpha value is -1.32. The second kappa shape index (κ2) is 3.60. The lowest BCUT2D eigenvalue weighted by Crippen LogP contribution is -2.49. The first-order chi connectivity index (χ1) is 6.06. The van der Waals surface area contributed by atoms with E-state index in [0.717, 1.165) is 6.42 Å². The van der Waals surface area contributed by atoms with E-state index in [9.17, 15) is 9.59 Å². The first kappa shape index (κ1) is 9.77. The number of hydrogen-bond acceptors (Lipinski definition) is 2.